The molecule has 0 aliphatic rings. The van der Waals surface area contributed by atoms with E-state index in [-0.39, 0.29) is 16.6 Å². The zero-order chi connectivity index (χ0) is 14.7. The molecule has 0 bridgehead atoms. The molecule has 0 fully saturated rings. The standard InChI is InChI=1S/C15H15FN2OS/c1-2-18(11-4-3-5-12(19)9-11)14-7-6-10(16)8-13(14)15(17)20/h3-9,19H,2H2,1H3,(H2,17,20). The third kappa shape index (κ3) is 2.88. The molecule has 0 saturated heterocycles. The summed E-state index contributed by atoms with van der Waals surface area (Å²) in [5.74, 6) is -0.219. The first kappa shape index (κ1) is 14.3. The average Bonchev–Trinajstić information content (AvgIpc) is 2.41. The molecule has 5 heteroatoms. The molecular formula is C15H15FN2OS. The summed E-state index contributed by atoms with van der Waals surface area (Å²) in [5, 5.41) is 9.59. The highest BCUT2D eigenvalue weighted by Crippen LogP contribution is 2.30. The normalized spacial score (nSPS) is 10.3. The number of aromatic hydroxyl groups is 1. The maximum Gasteiger partial charge on any atom is 0.124 e. The Morgan fingerprint density at radius 3 is 2.65 bits per heavy atom. The van der Waals surface area contributed by atoms with Crippen LogP contribution in [0.25, 0.3) is 0 Å². The van der Waals surface area contributed by atoms with E-state index in [0.29, 0.717) is 17.8 Å². The van der Waals surface area contributed by atoms with Gasteiger partial charge < -0.3 is 15.7 Å². The molecule has 0 spiro atoms. The lowest BCUT2D eigenvalue weighted by atomic mass is 10.1. The molecule has 0 heterocycles. The third-order valence-electron chi connectivity index (χ3n) is 2.97. The van der Waals surface area contributed by atoms with E-state index in [0.717, 1.165) is 5.69 Å². The topological polar surface area (TPSA) is 49.5 Å². The largest absolute Gasteiger partial charge is 0.508 e. The highest BCUT2D eigenvalue weighted by Gasteiger charge is 2.14. The summed E-state index contributed by atoms with van der Waals surface area (Å²) in [6, 6.07) is 11.2. The van der Waals surface area contributed by atoms with Gasteiger partial charge in [-0.25, -0.2) is 4.39 Å². The van der Waals surface area contributed by atoms with Gasteiger partial charge >= 0.3 is 0 Å². The molecule has 0 saturated carbocycles. The zero-order valence-corrected chi connectivity index (χ0v) is 11.8. The van der Waals surface area contributed by atoms with E-state index in [1.807, 2.05) is 17.9 Å². The number of rotatable bonds is 4. The lowest BCUT2D eigenvalue weighted by molar-refractivity contribution is 0.475. The summed E-state index contributed by atoms with van der Waals surface area (Å²) in [5.41, 5.74) is 7.65. The van der Waals surface area contributed by atoms with Crippen LogP contribution in [0.4, 0.5) is 15.8 Å². The first-order valence-corrected chi connectivity index (χ1v) is 6.59. The second-order valence-electron chi connectivity index (χ2n) is 4.29. The Kier molecular flexibility index (Phi) is 4.20. The number of hydrogen-bond donors (Lipinski definition) is 2. The van der Waals surface area contributed by atoms with E-state index in [1.54, 1.807) is 24.3 Å². The molecule has 0 radical (unpaired) electrons. The van der Waals surface area contributed by atoms with E-state index >= 15 is 0 Å². The Labute approximate surface area is 122 Å². The predicted octanol–water partition coefficient (Wildman–Crippen LogP) is 3.32. The van der Waals surface area contributed by atoms with Crippen molar-refractivity contribution < 1.29 is 9.50 Å². The minimum Gasteiger partial charge on any atom is -0.508 e. The Balaban J connectivity index is 2.55. The van der Waals surface area contributed by atoms with Crippen molar-refractivity contribution in [3.05, 3.63) is 53.8 Å². The minimum atomic E-state index is -0.386. The molecule has 0 atom stereocenters. The Morgan fingerprint density at radius 2 is 2.05 bits per heavy atom. The summed E-state index contributed by atoms with van der Waals surface area (Å²) in [7, 11) is 0. The van der Waals surface area contributed by atoms with Gasteiger partial charge in [-0.2, -0.15) is 0 Å². The van der Waals surface area contributed by atoms with E-state index < -0.39 is 0 Å². The van der Waals surface area contributed by atoms with Crippen molar-refractivity contribution in [3.63, 3.8) is 0 Å². The van der Waals surface area contributed by atoms with E-state index in [1.165, 1.54) is 12.1 Å². The lowest BCUT2D eigenvalue weighted by Crippen LogP contribution is -2.21. The summed E-state index contributed by atoms with van der Waals surface area (Å²) in [4.78, 5) is 2.05. The first-order valence-electron chi connectivity index (χ1n) is 6.19. The van der Waals surface area contributed by atoms with Gasteiger partial charge in [-0.1, -0.05) is 18.3 Å². The number of thiocarbonyl (C=S) groups is 1. The molecule has 20 heavy (non-hydrogen) atoms. The number of phenolic OH excluding ortho intramolecular Hbond substituents is 1. The maximum absolute atomic E-state index is 13.4. The number of nitrogens with zero attached hydrogens (tertiary/aromatic N) is 1. The van der Waals surface area contributed by atoms with Crippen LogP contribution in [0.3, 0.4) is 0 Å². The van der Waals surface area contributed by atoms with Crippen molar-refractivity contribution in [2.24, 2.45) is 5.73 Å². The fourth-order valence-corrected chi connectivity index (χ4v) is 2.26. The maximum atomic E-state index is 13.4. The number of anilines is 2. The summed E-state index contributed by atoms with van der Waals surface area (Å²) in [6.07, 6.45) is 0. The summed E-state index contributed by atoms with van der Waals surface area (Å²) >= 11 is 4.99. The van der Waals surface area contributed by atoms with Gasteiger partial charge in [0.15, 0.2) is 0 Å². The molecule has 0 aromatic heterocycles. The van der Waals surface area contributed by atoms with Crippen molar-refractivity contribution in [2.45, 2.75) is 6.92 Å². The van der Waals surface area contributed by atoms with E-state index in [9.17, 15) is 9.50 Å². The molecule has 0 aliphatic carbocycles. The van der Waals surface area contributed by atoms with Gasteiger partial charge in [-0.05, 0) is 37.3 Å². The SMILES string of the molecule is CCN(c1cccc(O)c1)c1ccc(F)cc1C(N)=S. The van der Waals surface area contributed by atoms with Gasteiger partial charge in [0.05, 0.1) is 5.69 Å². The average molecular weight is 290 g/mol. The van der Waals surface area contributed by atoms with Crippen molar-refractivity contribution in [1.29, 1.82) is 0 Å². The van der Waals surface area contributed by atoms with Crippen molar-refractivity contribution >= 4 is 28.6 Å². The summed E-state index contributed by atoms with van der Waals surface area (Å²) < 4.78 is 13.4. The number of halogens is 1. The monoisotopic (exact) mass is 290 g/mol. The van der Waals surface area contributed by atoms with Gasteiger partial charge in [0, 0.05) is 23.9 Å². The Morgan fingerprint density at radius 1 is 1.30 bits per heavy atom. The number of benzene rings is 2. The van der Waals surface area contributed by atoms with Gasteiger partial charge in [0.2, 0.25) is 0 Å². The minimum absolute atomic E-state index is 0.137. The first-order chi connectivity index (χ1) is 9.52. The number of nitrogens with two attached hydrogens (primary N) is 1. The molecule has 3 N–H and O–H groups in total. The van der Waals surface area contributed by atoms with Crippen LogP contribution in [0.1, 0.15) is 12.5 Å². The fourth-order valence-electron chi connectivity index (χ4n) is 2.09. The van der Waals surface area contributed by atoms with E-state index in [4.69, 9.17) is 18.0 Å². The third-order valence-corrected chi connectivity index (χ3v) is 3.19. The van der Waals surface area contributed by atoms with Crippen LogP contribution in [0.15, 0.2) is 42.5 Å². The second-order valence-corrected chi connectivity index (χ2v) is 4.73. The molecule has 3 nitrogen and oxygen atoms in total. The molecule has 0 unspecified atom stereocenters. The van der Waals surface area contributed by atoms with Crippen LogP contribution in [-0.2, 0) is 0 Å². The zero-order valence-electron chi connectivity index (χ0n) is 11.0. The summed E-state index contributed by atoms with van der Waals surface area (Å²) in [6.45, 7) is 2.58. The number of hydrogen-bond acceptors (Lipinski definition) is 3. The van der Waals surface area contributed by atoms with Crippen LogP contribution in [0.5, 0.6) is 5.75 Å². The second kappa shape index (κ2) is 5.88. The quantitative estimate of drug-likeness (QED) is 0.848. The Hall–Kier alpha value is -2.14. The fraction of sp³-hybridized carbons (Fsp3) is 0.133. The number of phenols is 1. The molecule has 2 aromatic carbocycles. The predicted molar refractivity (Wildman–Crippen MR) is 83.1 cm³/mol. The van der Waals surface area contributed by atoms with Crippen molar-refractivity contribution in [2.75, 3.05) is 11.4 Å². The van der Waals surface area contributed by atoms with Crippen LogP contribution < -0.4 is 10.6 Å². The molecule has 2 rings (SSSR count). The Bertz CT molecular complexity index is 646. The molecular weight excluding hydrogens is 275 g/mol. The lowest BCUT2D eigenvalue weighted by Gasteiger charge is -2.25. The highest BCUT2D eigenvalue weighted by molar-refractivity contribution is 7.80. The molecule has 104 valence electrons. The van der Waals surface area contributed by atoms with Crippen LogP contribution in [0, 0.1) is 5.82 Å². The molecule has 0 aliphatic heterocycles. The molecule has 2 aromatic rings. The van der Waals surface area contributed by atoms with Crippen LogP contribution >= 0.6 is 12.2 Å². The van der Waals surface area contributed by atoms with Gasteiger partial charge in [-0.15, -0.1) is 0 Å². The highest BCUT2D eigenvalue weighted by atomic mass is 32.1. The van der Waals surface area contributed by atoms with E-state index in [2.05, 4.69) is 0 Å². The van der Waals surface area contributed by atoms with Crippen LogP contribution in [-0.4, -0.2) is 16.6 Å². The molecule has 0 amide bonds. The van der Waals surface area contributed by atoms with Gasteiger partial charge in [-0.3, -0.25) is 0 Å². The smallest absolute Gasteiger partial charge is 0.124 e. The van der Waals surface area contributed by atoms with Crippen molar-refractivity contribution in [3.8, 4) is 5.75 Å². The van der Waals surface area contributed by atoms with Gasteiger partial charge in [0.1, 0.15) is 16.6 Å². The van der Waals surface area contributed by atoms with Crippen LogP contribution in [0.2, 0.25) is 0 Å². The van der Waals surface area contributed by atoms with Gasteiger partial charge in [0.25, 0.3) is 0 Å². The van der Waals surface area contributed by atoms with Crippen molar-refractivity contribution in [1.82, 2.24) is 0 Å².